The summed E-state index contributed by atoms with van der Waals surface area (Å²) in [5.41, 5.74) is 2.99. The van der Waals surface area contributed by atoms with E-state index < -0.39 is 0 Å². The minimum atomic E-state index is -0.279. The topological polar surface area (TPSA) is 34.4 Å². The second kappa shape index (κ2) is 5.40. The Labute approximate surface area is 139 Å². The molecule has 0 bridgehead atoms. The van der Waals surface area contributed by atoms with E-state index in [1.54, 1.807) is 23.5 Å². The molecular weight excluding hydrogens is 331 g/mol. The van der Waals surface area contributed by atoms with Gasteiger partial charge in [0.25, 0.3) is 0 Å². The van der Waals surface area contributed by atoms with E-state index in [4.69, 9.17) is 0 Å². The molecule has 3 aromatic heterocycles. The van der Waals surface area contributed by atoms with Crippen LogP contribution in [0.3, 0.4) is 0 Å². The molecule has 0 fully saturated rings. The number of rotatable bonds is 3. The third kappa shape index (κ3) is 2.22. The number of carbonyl (C=O) groups is 1. The van der Waals surface area contributed by atoms with E-state index >= 15 is 0 Å². The number of imidazole rings is 1. The van der Waals surface area contributed by atoms with Gasteiger partial charge in [0.05, 0.1) is 10.6 Å². The summed E-state index contributed by atoms with van der Waals surface area (Å²) in [5, 5.41) is 1.96. The van der Waals surface area contributed by atoms with Crippen molar-refractivity contribution in [3.05, 3.63) is 58.2 Å². The number of carbonyl (C=O) groups excluding carboxylic acids is 1. The van der Waals surface area contributed by atoms with Gasteiger partial charge in [0.15, 0.2) is 11.2 Å². The van der Waals surface area contributed by atoms with Gasteiger partial charge in [-0.2, -0.15) is 0 Å². The molecule has 0 unspecified atom stereocenters. The summed E-state index contributed by atoms with van der Waals surface area (Å²) in [5.74, 6) is -0.279. The average molecular weight is 342 g/mol. The summed E-state index contributed by atoms with van der Waals surface area (Å²) >= 11 is 3.08. The van der Waals surface area contributed by atoms with Crippen LogP contribution in [0, 0.1) is 12.7 Å². The summed E-state index contributed by atoms with van der Waals surface area (Å²) in [7, 11) is 0. The lowest BCUT2D eigenvalue weighted by Gasteiger charge is -2.04. The first-order valence-electron chi connectivity index (χ1n) is 6.96. The predicted octanol–water partition coefficient (Wildman–Crippen LogP) is 5.05. The van der Waals surface area contributed by atoms with E-state index in [0.29, 0.717) is 11.4 Å². The van der Waals surface area contributed by atoms with Crippen molar-refractivity contribution >= 4 is 33.9 Å². The van der Waals surface area contributed by atoms with Crippen LogP contribution in [0.2, 0.25) is 0 Å². The minimum absolute atomic E-state index is 0.279. The molecule has 1 aromatic carbocycles. The van der Waals surface area contributed by atoms with Crippen molar-refractivity contribution < 1.29 is 9.18 Å². The molecule has 6 heteroatoms. The number of nitrogens with zero attached hydrogens (tertiary/aromatic N) is 2. The fourth-order valence-electron chi connectivity index (χ4n) is 2.68. The van der Waals surface area contributed by atoms with Crippen molar-refractivity contribution in [1.82, 2.24) is 9.38 Å². The van der Waals surface area contributed by atoms with E-state index in [1.165, 1.54) is 23.5 Å². The Morgan fingerprint density at radius 3 is 2.65 bits per heavy atom. The van der Waals surface area contributed by atoms with Gasteiger partial charge in [-0.05, 0) is 48.2 Å². The first kappa shape index (κ1) is 14.3. The van der Waals surface area contributed by atoms with E-state index in [9.17, 15) is 9.18 Å². The lowest BCUT2D eigenvalue weighted by Crippen LogP contribution is -1.95. The number of halogens is 1. The number of hydrogen-bond donors (Lipinski definition) is 0. The molecule has 114 valence electrons. The molecule has 0 radical (unpaired) electrons. The Kier molecular flexibility index (Phi) is 3.36. The third-order valence-electron chi connectivity index (χ3n) is 3.67. The molecule has 4 rings (SSSR count). The maximum absolute atomic E-state index is 13.2. The van der Waals surface area contributed by atoms with Crippen molar-refractivity contribution in [2.45, 2.75) is 6.92 Å². The van der Waals surface area contributed by atoms with Gasteiger partial charge in [0, 0.05) is 4.88 Å². The van der Waals surface area contributed by atoms with Crippen LogP contribution >= 0.6 is 22.7 Å². The molecule has 0 saturated carbocycles. The van der Waals surface area contributed by atoms with E-state index in [0.717, 1.165) is 32.3 Å². The van der Waals surface area contributed by atoms with Gasteiger partial charge < -0.3 is 0 Å². The fraction of sp³-hybridized carbons (Fsp3) is 0.0588. The summed E-state index contributed by atoms with van der Waals surface area (Å²) in [4.78, 5) is 19.1. The van der Waals surface area contributed by atoms with Crippen molar-refractivity contribution in [1.29, 1.82) is 0 Å². The fourth-order valence-corrected chi connectivity index (χ4v) is 4.40. The van der Waals surface area contributed by atoms with Crippen LogP contribution in [0.5, 0.6) is 0 Å². The predicted molar refractivity (Wildman–Crippen MR) is 91.9 cm³/mol. The number of fused-ring (bicyclic) bond motifs is 1. The Hall–Kier alpha value is -2.31. The first-order valence-corrected chi connectivity index (χ1v) is 8.65. The zero-order valence-electron chi connectivity index (χ0n) is 12.1. The Bertz CT molecular complexity index is 998. The third-order valence-corrected chi connectivity index (χ3v) is 5.50. The second-order valence-electron chi connectivity index (χ2n) is 5.07. The molecule has 23 heavy (non-hydrogen) atoms. The maximum Gasteiger partial charge on any atom is 0.195 e. The molecule has 0 amide bonds. The molecular formula is C17H11FN2OS2. The van der Waals surface area contributed by atoms with Gasteiger partial charge in [-0.15, -0.1) is 22.7 Å². The Morgan fingerprint density at radius 1 is 1.22 bits per heavy atom. The second-order valence-corrected chi connectivity index (χ2v) is 7.20. The van der Waals surface area contributed by atoms with E-state index in [2.05, 4.69) is 4.98 Å². The normalized spacial score (nSPS) is 11.2. The molecule has 0 atom stereocenters. The first-order chi connectivity index (χ1) is 11.2. The van der Waals surface area contributed by atoms with Crippen LogP contribution < -0.4 is 0 Å². The minimum Gasteiger partial charge on any atom is -0.296 e. The van der Waals surface area contributed by atoms with Crippen LogP contribution in [-0.2, 0) is 0 Å². The zero-order chi connectivity index (χ0) is 16.0. The highest BCUT2D eigenvalue weighted by Gasteiger charge is 2.21. The van der Waals surface area contributed by atoms with Crippen molar-refractivity contribution in [2.24, 2.45) is 0 Å². The summed E-state index contributed by atoms with van der Waals surface area (Å²) in [6.45, 7) is 1.98. The van der Waals surface area contributed by atoms with Gasteiger partial charge in [0.2, 0.25) is 0 Å². The standard InChI is InChI=1S/C17H11FN2OS2/c1-10-16(11-4-6-12(18)7-5-11)20-13(9-21)15(19-17(20)23-10)14-3-2-8-22-14/h2-9H,1H3. The molecule has 0 saturated heterocycles. The van der Waals surface area contributed by atoms with Gasteiger partial charge in [-0.1, -0.05) is 6.07 Å². The van der Waals surface area contributed by atoms with Gasteiger partial charge in [-0.3, -0.25) is 9.20 Å². The van der Waals surface area contributed by atoms with Crippen LogP contribution in [0.25, 0.3) is 26.8 Å². The number of thiophene rings is 1. The number of thiazole rings is 1. The van der Waals surface area contributed by atoms with Crippen LogP contribution in [0.1, 0.15) is 15.4 Å². The number of aryl methyl sites for hydroxylation is 1. The quantitative estimate of drug-likeness (QED) is 0.488. The van der Waals surface area contributed by atoms with Crippen molar-refractivity contribution in [2.75, 3.05) is 0 Å². The highest BCUT2D eigenvalue weighted by molar-refractivity contribution is 7.17. The maximum atomic E-state index is 13.2. The highest BCUT2D eigenvalue weighted by atomic mass is 32.1. The van der Waals surface area contributed by atoms with E-state index in [1.807, 2.05) is 28.8 Å². The number of hydrogen-bond acceptors (Lipinski definition) is 4. The van der Waals surface area contributed by atoms with Crippen LogP contribution in [0.4, 0.5) is 4.39 Å². The molecule has 0 spiro atoms. The number of benzene rings is 1. The lowest BCUT2D eigenvalue weighted by molar-refractivity contribution is 0.111. The van der Waals surface area contributed by atoms with Crippen molar-refractivity contribution in [3.8, 4) is 21.8 Å². The van der Waals surface area contributed by atoms with Crippen LogP contribution in [0.15, 0.2) is 41.8 Å². The molecule has 0 aliphatic rings. The number of aldehydes is 1. The average Bonchev–Trinajstić information content (AvgIpc) is 3.23. The molecule has 0 aliphatic heterocycles. The highest BCUT2D eigenvalue weighted by Crippen LogP contribution is 2.36. The van der Waals surface area contributed by atoms with Gasteiger partial charge in [-0.25, -0.2) is 9.37 Å². The van der Waals surface area contributed by atoms with E-state index in [-0.39, 0.29) is 5.82 Å². The van der Waals surface area contributed by atoms with Gasteiger partial charge >= 0.3 is 0 Å². The monoisotopic (exact) mass is 342 g/mol. The lowest BCUT2D eigenvalue weighted by atomic mass is 10.1. The van der Waals surface area contributed by atoms with Crippen molar-refractivity contribution in [3.63, 3.8) is 0 Å². The molecule has 0 N–H and O–H groups in total. The largest absolute Gasteiger partial charge is 0.296 e. The SMILES string of the molecule is Cc1sc2nc(-c3cccs3)c(C=O)n2c1-c1ccc(F)cc1. The molecule has 4 aromatic rings. The molecule has 0 aliphatic carbocycles. The summed E-state index contributed by atoms with van der Waals surface area (Å²) in [6.07, 6.45) is 0.842. The van der Waals surface area contributed by atoms with Gasteiger partial charge in [0.1, 0.15) is 17.2 Å². The Balaban J connectivity index is 2.03. The summed E-state index contributed by atoms with van der Waals surface area (Å²) < 4.78 is 15.1. The molecule has 3 nitrogen and oxygen atoms in total. The smallest absolute Gasteiger partial charge is 0.195 e. The Morgan fingerprint density at radius 2 is 2.00 bits per heavy atom. The zero-order valence-corrected chi connectivity index (χ0v) is 13.7. The van der Waals surface area contributed by atoms with Crippen LogP contribution in [-0.4, -0.2) is 15.7 Å². The number of aromatic nitrogens is 2. The molecule has 3 heterocycles. The summed E-state index contributed by atoms with van der Waals surface area (Å²) in [6, 6.07) is 10.2.